The van der Waals surface area contributed by atoms with Crippen molar-refractivity contribution in [1.29, 1.82) is 0 Å². The van der Waals surface area contributed by atoms with Gasteiger partial charge in [-0.05, 0) is 43.3 Å². The van der Waals surface area contributed by atoms with Gasteiger partial charge in [0.25, 0.3) is 0 Å². The predicted octanol–water partition coefficient (Wildman–Crippen LogP) is 3.47. The molecule has 1 heterocycles. The van der Waals surface area contributed by atoms with Gasteiger partial charge in [0, 0.05) is 12.1 Å². The Labute approximate surface area is 161 Å². The summed E-state index contributed by atoms with van der Waals surface area (Å²) in [6.45, 7) is 3.75. The van der Waals surface area contributed by atoms with Gasteiger partial charge in [-0.1, -0.05) is 36.9 Å². The molecular formula is C19H21N5O2S. The van der Waals surface area contributed by atoms with Crippen molar-refractivity contribution >= 4 is 23.4 Å². The SMILES string of the molecule is CCc1nnc(S[C@@H](C)C(=O)Nc2ccc(Oc3ccccc3)cc2)n1N. The van der Waals surface area contributed by atoms with Crippen molar-refractivity contribution < 1.29 is 9.53 Å². The maximum Gasteiger partial charge on any atom is 0.237 e. The Morgan fingerprint density at radius 3 is 2.44 bits per heavy atom. The quantitative estimate of drug-likeness (QED) is 0.479. The van der Waals surface area contributed by atoms with Gasteiger partial charge in [0.05, 0.1) is 5.25 Å². The van der Waals surface area contributed by atoms with Crippen molar-refractivity contribution in [2.75, 3.05) is 11.2 Å². The lowest BCUT2D eigenvalue weighted by atomic mass is 10.3. The lowest BCUT2D eigenvalue weighted by Gasteiger charge is -2.12. The summed E-state index contributed by atoms with van der Waals surface area (Å²) in [6.07, 6.45) is 0.683. The molecule has 27 heavy (non-hydrogen) atoms. The second kappa shape index (κ2) is 8.59. The molecule has 0 aliphatic rings. The number of anilines is 1. The van der Waals surface area contributed by atoms with E-state index in [0.717, 1.165) is 5.75 Å². The summed E-state index contributed by atoms with van der Waals surface area (Å²) in [5, 5.41) is 11.0. The van der Waals surface area contributed by atoms with E-state index in [1.54, 1.807) is 19.1 Å². The maximum atomic E-state index is 12.4. The van der Waals surface area contributed by atoms with E-state index in [0.29, 0.717) is 28.8 Å². The number of para-hydroxylation sites is 1. The van der Waals surface area contributed by atoms with Crippen molar-refractivity contribution in [1.82, 2.24) is 14.9 Å². The smallest absolute Gasteiger partial charge is 0.237 e. The fourth-order valence-electron chi connectivity index (χ4n) is 2.32. The Morgan fingerprint density at radius 2 is 1.81 bits per heavy atom. The molecule has 0 fully saturated rings. The zero-order valence-electron chi connectivity index (χ0n) is 15.1. The number of ether oxygens (including phenoxy) is 1. The molecule has 3 rings (SSSR count). The lowest BCUT2D eigenvalue weighted by Crippen LogP contribution is -2.23. The Morgan fingerprint density at radius 1 is 1.15 bits per heavy atom. The molecule has 0 saturated heterocycles. The van der Waals surface area contributed by atoms with Crippen LogP contribution in [0.5, 0.6) is 11.5 Å². The van der Waals surface area contributed by atoms with Crippen LogP contribution in [-0.2, 0) is 11.2 Å². The summed E-state index contributed by atoms with van der Waals surface area (Å²) in [4.78, 5) is 12.4. The first-order chi connectivity index (χ1) is 13.1. The molecule has 0 aliphatic heterocycles. The van der Waals surface area contributed by atoms with E-state index in [1.807, 2.05) is 49.4 Å². The molecule has 1 aromatic heterocycles. The Bertz CT molecular complexity index is 896. The number of nitrogen functional groups attached to an aromatic ring is 1. The summed E-state index contributed by atoms with van der Waals surface area (Å²) >= 11 is 1.27. The first-order valence-electron chi connectivity index (χ1n) is 8.56. The number of rotatable bonds is 7. The minimum absolute atomic E-state index is 0.141. The van der Waals surface area contributed by atoms with Crippen LogP contribution in [0.25, 0.3) is 0 Å². The van der Waals surface area contributed by atoms with Gasteiger partial charge in [-0.3, -0.25) is 4.79 Å². The standard InChI is InChI=1S/C19H21N5O2S/c1-3-17-22-23-19(24(17)20)27-13(2)18(25)21-14-9-11-16(12-10-14)26-15-7-5-4-6-8-15/h4-13H,3,20H2,1-2H3,(H,21,25)/t13-/m0/s1. The number of carbonyl (C=O) groups excluding carboxylic acids is 1. The molecule has 0 bridgehead atoms. The minimum atomic E-state index is -0.374. The number of nitrogens with two attached hydrogens (primary N) is 1. The third-order valence-corrected chi connectivity index (χ3v) is 4.86. The van der Waals surface area contributed by atoms with Gasteiger partial charge in [-0.2, -0.15) is 0 Å². The molecule has 0 aliphatic carbocycles. The predicted molar refractivity (Wildman–Crippen MR) is 106 cm³/mol. The summed E-state index contributed by atoms with van der Waals surface area (Å²) in [5.74, 6) is 7.92. The molecule has 140 valence electrons. The van der Waals surface area contributed by atoms with E-state index in [-0.39, 0.29) is 11.2 Å². The van der Waals surface area contributed by atoms with Gasteiger partial charge in [-0.15, -0.1) is 10.2 Å². The zero-order chi connectivity index (χ0) is 19.2. The number of benzene rings is 2. The van der Waals surface area contributed by atoms with E-state index in [2.05, 4.69) is 15.5 Å². The number of nitrogens with one attached hydrogen (secondary N) is 1. The van der Waals surface area contributed by atoms with Crippen LogP contribution in [0, 0.1) is 0 Å². The third kappa shape index (κ3) is 4.79. The van der Waals surface area contributed by atoms with Gasteiger partial charge in [0.15, 0.2) is 5.82 Å². The van der Waals surface area contributed by atoms with Gasteiger partial charge in [-0.25, -0.2) is 4.68 Å². The van der Waals surface area contributed by atoms with E-state index >= 15 is 0 Å². The van der Waals surface area contributed by atoms with Crippen LogP contribution in [-0.4, -0.2) is 26.0 Å². The van der Waals surface area contributed by atoms with Crippen LogP contribution >= 0.6 is 11.8 Å². The zero-order valence-corrected chi connectivity index (χ0v) is 15.9. The monoisotopic (exact) mass is 383 g/mol. The molecule has 8 heteroatoms. The second-order valence-corrected chi connectivity index (χ2v) is 7.12. The summed E-state index contributed by atoms with van der Waals surface area (Å²) in [6, 6.07) is 16.7. The maximum absolute atomic E-state index is 12.4. The topological polar surface area (TPSA) is 95.1 Å². The molecule has 0 saturated carbocycles. The average molecular weight is 383 g/mol. The Kier molecular flexibility index (Phi) is 5.97. The van der Waals surface area contributed by atoms with Gasteiger partial charge in [0.1, 0.15) is 11.5 Å². The van der Waals surface area contributed by atoms with Crippen LogP contribution in [0.15, 0.2) is 59.8 Å². The highest BCUT2D eigenvalue weighted by Gasteiger charge is 2.19. The number of amides is 1. The molecule has 0 unspecified atom stereocenters. The van der Waals surface area contributed by atoms with Crippen molar-refractivity contribution in [3.8, 4) is 11.5 Å². The highest BCUT2D eigenvalue weighted by molar-refractivity contribution is 8.00. The highest BCUT2D eigenvalue weighted by Crippen LogP contribution is 2.24. The number of hydrogen-bond acceptors (Lipinski definition) is 6. The minimum Gasteiger partial charge on any atom is -0.457 e. The van der Waals surface area contributed by atoms with Gasteiger partial charge >= 0.3 is 0 Å². The Hall–Kier alpha value is -3.00. The van der Waals surface area contributed by atoms with Crippen LogP contribution in [0.4, 0.5) is 5.69 Å². The summed E-state index contributed by atoms with van der Waals surface area (Å²) < 4.78 is 7.16. The number of carbonyl (C=O) groups is 1. The van der Waals surface area contributed by atoms with Gasteiger partial charge < -0.3 is 15.9 Å². The molecule has 2 aromatic carbocycles. The highest BCUT2D eigenvalue weighted by atomic mass is 32.2. The molecule has 0 spiro atoms. The van der Waals surface area contributed by atoms with Crippen molar-refractivity contribution in [3.63, 3.8) is 0 Å². The normalized spacial score (nSPS) is 11.8. The van der Waals surface area contributed by atoms with Crippen molar-refractivity contribution in [2.24, 2.45) is 0 Å². The van der Waals surface area contributed by atoms with Crippen molar-refractivity contribution in [3.05, 3.63) is 60.4 Å². The van der Waals surface area contributed by atoms with Crippen LogP contribution in [0.2, 0.25) is 0 Å². The van der Waals surface area contributed by atoms with E-state index in [1.165, 1.54) is 16.4 Å². The molecule has 3 N–H and O–H groups in total. The first-order valence-corrected chi connectivity index (χ1v) is 9.44. The van der Waals surface area contributed by atoms with Crippen LogP contribution in [0.1, 0.15) is 19.7 Å². The van der Waals surface area contributed by atoms with Crippen LogP contribution in [0.3, 0.4) is 0 Å². The second-order valence-electron chi connectivity index (χ2n) is 5.81. The first kappa shape index (κ1) is 18.8. The van der Waals surface area contributed by atoms with Crippen molar-refractivity contribution in [2.45, 2.75) is 30.7 Å². The fraction of sp³-hybridized carbons (Fsp3) is 0.211. The summed E-state index contributed by atoms with van der Waals surface area (Å²) in [5.41, 5.74) is 0.691. The lowest BCUT2D eigenvalue weighted by molar-refractivity contribution is -0.115. The average Bonchev–Trinajstić information content (AvgIpc) is 3.03. The van der Waals surface area contributed by atoms with Crippen LogP contribution < -0.4 is 15.9 Å². The van der Waals surface area contributed by atoms with E-state index in [4.69, 9.17) is 10.6 Å². The molecular weight excluding hydrogens is 362 g/mol. The van der Waals surface area contributed by atoms with E-state index < -0.39 is 0 Å². The number of aromatic nitrogens is 3. The number of hydrogen-bond donors (Lipinski definition) is 2. The van der Waals surface area contributed by atoms with E-state index in [9.17, 15) is 4.79 Å². The number of aryl methyl sites for hydroxylation is 1. The molecule has 7 nitrogen and oxygen atoms in total. The molecule has 1 atom stereocenters. The number of thioether (sulfide) groups is 1. The summed E-state index contributed by atoms with van der Waals surface area (Å²) in [7, 11) is 0. The largest absolute Gasteiger partial charge is 0.457 e. The third-order valence-electron chi connectivity index (χ3n) is 3.80. The molecule has 0 radical (unpaired) electrons. The molecule has 3 aromatic rings. The molecule has 1 amide bonds. The Balaban J connectivity index is 1.57. The fourth-order valence-corrected chi connectivity index (χ4v) is 3.10. The number of nitrogens with zero attached hydrogens (tertiary/aromatic N) is 3. The van der Waals surface area contributed by atoms with Gasteiger partial charge in [0.2, 0.25) is 11.1 Å².